The number of sulfone groups is 1. The molecule has 1 aromatic carbocycles. The van der Waals surface area contributed by atoms with Crippen LogP contribution in [-0.4, -0.2) is 27.2 Å². The van der Waals surface area contributed by atoms with E-state index in [9.17, 15) is 8.42 Å². The van der Waals surface area contributed by atoms with Crippen LogP contribution in [0.4, 0.5) is 0 Å². The quantitative estimate of drug-likeness (QED) is 0.750. The monoisotopic (exact) mass is 248 g/mol. The van der Waals surface area contributed by atoms with Gasteiger partial charge in [0.15, 0.2) is 9.84 Å². The fourth-order valence-corrected chi connectivity index (χ4v) is 3.01. The van der Waals surface area contributed by atoms with E-state index in [2.05, 4.69) is 0 Å². The maximum Gasteiger partial charge on any atom is 0.182 e. The molecule has 0 aliphatic carbocycles. The van der Waals surface area contributed by atoms with Crippen LogP contribution >= 0.6 is 11.6 Å². The lowest BCUT2D eigenvalue weighted by atomic mass is 10.3. The highest BCUT2D eigenvalue weighted by molar-refractivity contribution is 7.91. The van der Waals surface area contributed by atoms with E-state index < -0.39 is 9.84 Å². The summed E-state index contributed by atoms with van der Waals surface area (Å²) in [5, 5.41) is 0. The summed E-state index contributed by atoms with van der Waals surface area (Å²) in [6.45, 7) is 0. The molecule has 0 fully saturated rings. The molecule has 0 saturated heterocycles. The molecule has 5 heteroatoms. The number of hydrogen-bond donors (Lipinski definition) is 0. The van der Waals surface area contributed by atoms with Crippen molar-refractivity contribution < 1.29 is 13.2 Å². The van der Waals surface area contributed by atoms with E-state index in [-0.39, 0.29) is 10.6 Å². The van der Waals surface area contributed by atoms with Gasteiger partial charge < -0.3 is 4.74 Å². The minimum absolute atomic E-state index is 0.0525. The molecule has 0 atom stereocenters. The normalized spacial score (nSPS) is 11.3. The second-order valence-electron chi connectivity index (χ2n) is 3.01. The molecule has 1 aromatic rings. The van der Waals surface area contributed by atoms with Crippen molar-refractivity contribution in [1.82, 2.24) is 0 Å². The Balaban J connectivity index is 3.04. The predicted molar refractivity (Wildman–Crippen MR) is 60.4 cm³/mol. The van der Waals surface area contributed by atoms with Crippen molar-refractivity contribution in [3.63, 3.8) is 0 Å². The number of hydrogen-bond acceptors (Lipinski definition) is 3. The van der Waals surface area contributed by atoms with E-state index in [4.69, 9.17) is 16.3 Å². The molecule has 0 saturated carbocycles. The summed E-state index contributed by atoms with van der Waals surface area (Å²) in [6.07, 6.45) is 0.446. The van der Waals surface area contributed by atoms with Gasteiger partial charge in [-0.1, -0.05) is 12.1 Å². The van der Waals surface area contributed by atoms with Gasteiger partial charge in [0.2, 0.25) is 0 Å². The smallest absolute Gasteiger partial charge is 0.182 e. The Bertz CT molecular complexity index is 414. The number of ether oxygens (including phenoxy) is 1. The Morgan fingerprint density at radius 1 is 1.33 bits per heavy atom. The third-order valence-corrected chi connectivity index (χ3v) is 4.05. The summed E-state index contributed by atoms with van der Waals surface area (Å²) < 4.78 is 28.7. The predicted octanol–water partition coefficient (Wildman–Crippen LogP) is 2.10. The standard InChI is InChI=1S/C10H13ClO3S/c1-14-9-5-2-3-6-10(9)15(12,13)8-4-7-11/h2-3,5-6H,4,7-8H2,1H3. The van der Waals surface area contributed by atoms with Gasteiger partial charge in [-0.3, -0.25) is 0 Å². The molecule has 84 valence electrons. The number of halogens is 1. The number of methoxy groups -OCH3 is 1. The molecule has 0 aliphatic heterocycles. The fraction of sp³-hybridized carbons (Fsp3) is 0.400. The molecule has 0 amide bonds. The van der Waals surface area contributed by atoms with Crippen molar-refractivity contribution in [2.45, 2.75) is 11.3 Å². The van der Waals surface area contributed by atoms with E-state index >= 15 is 0 Å². The number of para-hydroxylation sites is 1. The Morgan fingerprint density at radius 2 is 2.00 bits per heavy atom. The number of alkyl halides is 1. The summed E-state index contributed by atoms with van der Waals surface area (Å²) in [7, 11) is -1.82. The molecule has 15 heavy (non-hydrogen) atoms. The van der Waals surface area contributed by atoms with Crippen LogP contribution in [-0.2, 0) is 9.84 Å². The Hall–Kier alpha value is -0.740. The van der Waals surface area contributed by atoms with Crippen LogP contribution in [0.1, 0.15) is 6.42 Å². The van der Waals surface area contributed by atoms with Gasteiger partial charge in [0.25, 0.3) is 0 Å². The Labute approximate surface area is 94.9 Å². The molecule has 0 N–H and O–H groups in total. The van der Waals surface area contributed by atoms with Crippen molar-refractivity contribution in [2.75, 3.05) is 18.7 Å². The third-order valence-electron chi connectivity index (χ3n) is 1.95. The zero-order valence-corrected chi connectivity index (χ0v) is 10.0. The van der Waals surface area contributed by atoms with Gasteiger partial charge in [-0.2, -0.15) is 0 Å². The first-order chi connectivity index (χ1) is 7.11. The molecule has 0 aromatic heterocycles. The van der Waals surface area contributed by atoms with Crippen LogP contribution in [0, 0.1) is 0 Å². The topological polar surface area (TPSA) is 43.4 Å². The molecule has 0 unspecified atom stereocenters. The van der Waals surface area contributed by atoms with E-state index in [1.54, 1.807) is 24.3 Å². The van der Waals surface area contributed by atoms with Gasteiger partial charge >= 0.3 is 0 Å². The minimum atomic E-state index is -3.27. The van der Waals surface area contributed by atoms with Gasteiger partial charge in [0.05, 0.1) is 12.9 Å². The second-order valence-corrected chi connectivity index (χ2v) is 5.47. The van der Waals surface area contributed by atoms with Crippen LogP contribution < -0.4 is 4.74 Å². The van der Waals surface area contributed by atoms with Gasteiger partial charge in [-0.15, -0.1) is 11.6 Å². The van der Waals surface area contributed by atoms with E-state index in [1.165, 1.54) is 7.11 Å². The van der Waals surface area contributed by atoms with Crippen LogP contribution in [0.2, 0.25) is 0 Å². The Morgan fingerprint density at radius 3 is 2.60 bits per heavy atom. The summed E-state index contributed by atoms with van der Waals surface area (Å²) in [5.74, 6) is 0.776. The molecular formula is C10H13ClO3S. The molecule has 0 spiro atoms. The van der Waals surface area contributed by atoms with Gasteiger partial charge in [0, 0.05) is 5.88 Å². The zero-order valence-electron chi connectivity index (χ0n) is 8.44. The van der Waals surface area contributed by atoms with Crippen molar-refractivity contribution in [3.8, 4) is 5.75 Å². The van der Waals surface area contributed by atoms with E-state index in [0.29, 0.717) is 18.1 Å². The maximum atomic E-state index is 11.8. The summed E-state index contributed by atoms with van der Waals surface area (Å²) in [6, 6.07) is 6.59. The molecule has 1 rings (SSSR count). The summed E-state index contributed by atoms with van der Waals surface area (Å²) in [4.78, 5) is 0.234. The molecule has 0 bridgehead atoms. The van der Waals surface area contributed by atoms with Crippen molar-refractivity contribution >= 4 is 21.4 Å². The average Bonchev–Trinajstić information content (AvgIpc) is 2.26. The molecule has 0 aliphatic rings. The zero-order chi connectivity index (χ0) is 11.3. The number of benzene rings is 1. The van der Waals surface area contributed by atoms with Gasteiger partial charge in [-0.05, 0) is 18.6 Å². The maximum absolute atomic E-state index is 11.8. The summed E-state index contributed by atoms with van der Waals surface area (Å²) in [5.41, 5.74) is 0. The van der Waals surface area contributed by atoms with Gasteiger partial charge in [-0.25, -0.2) is 8.42 Å². The highest BCUT2D eigenvalue weighted by Gasteiger charge is 2.18. The second kappa shape index (κ2) is 5.37. The van der Waals surface area contributed by atoms with Crippen molar-refractivity contribution in [2.24, 2.45) is 0 Å². The number of rotatable bonds is 5. The highest BCUT2D eigenvalue weighted by atomic mass is 35.5. The van der Waals surface area contributed by atoms with Gasteiger partial charge in [0.1, 0.15) is 10.6 Å². The van der Waals surface area contributed by atoms with Crippen molar-refractivity contribution in [1.29, 1.82) is 0 Å². The highest BCUT2D eigenvalue weighted by Crippen LogP contribution is 2.24. The largest absolute Gasteiger partial charge is 0.495 e. The SMILES string of the molecule is COc1ccccc1S(=O)(=O)CCCCl. The van der Waals surface area contributed by atoms with E-state index in [1.807, 2.05) is 0 Å². The first kappa shape index (κ1) is 12.3. The lowest BCUT2D eigenvalue weighted by Crippen LogP contribution is -2.08. The summed E-state index contributed by atoms with van der Waals surface area (Å²) >= 11 is 5.47. The minimum Gasteiger partial charge on any atom is -0.495 e. The lowest BCUT2D eigenvalue weighted by Gasteiger charge is -2.08. The lowest BCUT2D eigenvalue weighted by molar-refractivity contribution is 0.402. The molecular weight excluding hydrogens is 236 g/mol. The fourth-order valence-electron chi connectivity index (χ4n) is 1.23. The molecule has 0 heterocycles. The third kappa shape index (κ3) is 3.11. The van der Waals surface area contributed by atoms with Crippen molar-refractivity contribution in [3.05, 3.63) is 24.3 Å². The van der Waals surface area contributed by atoms with Crippen LogP contribution in [0.3, 0.4) is 0 Å². The Kier molecular flexibility index (Phi) is 4.42. The average molecular weight is 249 g/mol. The van der Waals surface area contributed by atoms with Crippen LogP contribution in [0.15, 0.2) is 29.2 Å². The first-order valence-electron chi connectivity index (χ1n) is 4.53. The first-order valence-corrected chi connectivity index (χ1v) is 6.72. The van der Waals surface area contributed by atoms with Crippen LogP contribution in [0.25, 0.3) is 0 Å². The molecule has 3 nitrogen and oxygen atoms in total. The van der Waals surface area contributed by atoms with Crippen LogP contribution in [0.5, 0.6) is 5.75 Å². The van der Waals surface area contributed by atoms with E-state index in [0.717, 1.165) is 0 Å². The molecule has 0 radical (unpaired) electrons.